The number of rotatable bonds is 18. The SMILES string of the molecule is CCCCOP(=O)([O-])OCCCC.CCCC[P+](CC)(CCCC)CCCC. The Kier molecular flexibility index (Phi) is 22.8. The lowest BCUT2D eigenvalue weighted by Crippen LogP contribution is -2.11. The van der Waals surface area contributed by atoms with Gasteiger partial charge in [0.1, 0.15) is 0 Å². The van der Waals surface area contributed by atoms with Crippen molar-refractivity contribution in [2.45, 2.75) is 106 Å². The predicted molar refractivity (Wildman–Crippen MR) is 126 cm³/mol. The summed E-state index contributed by atoms with van der Waals surface area (Å²) in [5.74, 6) is 0. The quantitative estimate of drug-likeness (QED) is 0.163. The summed E-state index contributed by atoms with van der Waals surface area (Å²) in [6, 6.07) is 0. The molecule has 172 valence electrons. The fourth-order valence-electron chi connectivity index (χ4n) is 2.97. The van der Waals surface area contributed by atoms with Crippen LogP contribution in [0.5, 0.6) is 0 Å². The molecule has 0 saturated carbocycles. The first kappa shape index (κ1) is 30.7. The lowest BCUT2D eigenvalue weighted by Gasteiger charge is -2.26. The smallest absolute Gasteiger partial charge is 0.267 e. The molecule has 28 heavy (non-hydrogen) atoms. The first-order valence-corrected chi connectivity index (χ1v) is 15.8. The van der Waals surface area contributed by atoms with Gasteiger partial charge in [-0.1, -0.05) is 66.7 Å². The zero-order valence-electron chi connectivity index (χ0n) is 19.8. The highest BCUT2D eigenvalue weighted by atomic mass is 31.2. The van der Waals surface area contributed by atoms with Crippen molar-refractivity contribution in [1.82, 2.24) is 0 Å². The van der Waals surface area contributed by atoms with Crippen molar-refractivity contribution < 1.29 is 18.5 Å². The third-order valence-corrected chi connectivity index (χ3v) is 11.3. The van der Waals surface area contributed by atoms with E-state index in [4.69, 9.17) is 0 Å². The van der Waals surface area contributed by atoms with Gasteiger partial charge in [-0.2, -0.15) is 0 Å². The van der Waals surface area contributed by atoms with Crippen molar-refractivity contribution in [3.8, 4) is 0 Å². The standard InChI is InChI=1S/C14H32P.C8H19O4P/c1-5-9-12-15(8-4,13-10-6-2)14-11-7-3;1-3-5-7-11-13(9,10)12-8-6-4-2/h5-14H2,1-4H3;3-8H2,1-2H3,(H,9,10)/q+1;/p-1. The molecule has 0 N–H and O–H groups in total. The van der Waals surface area contributed by atoms with Gasteiger partial charge in [-0.3, -0.25) is 4.57 Å². The lowest BCUT2D eigenvalue weighted by atomic mass is 10.4. The van der Waals surface area contributed by atoms with Crippen LogP contribution < -0.4 is 4.89 Å². The van der Waals surface area contributed by atoms with Crippen molar-refractivity contribution >= 4 is 15.1 Å². The van der Waals surface area contributed by atoms with Crippen LogP contribution in [0.2, 0.25) is 0 Å². The van der Waals surface area contributed by atoms with Crippen molar-refractivity contribution in [3.63, 3.8) is 0 Å². The Labute approximate surface area is 177 Å². The maximum Gasteiger partial charge on any atom is 0.267 e. The van der Waals surface area contributed by atoms with Crippen LogP contribution in [0, 0.1) is 0 Å². The fraction of sp³-hybridized carbons (Fsp3) is 1.00. The lowest BCUT2D eigenvalue weighted by molar-refractivity contribution is -0.225. The summed E-state index contributed by atoms with van der Waals surface area (Å²) < 4.78 is 20.2. The Bertz CT molecular complexity index is 329. The van der Waals surface area contributed by atoms with Gasteiger partial charge < -0.3 is 13.9 Å². The molecule has 0 spiro atoms. The van der Waals surface area contributed by atoms with E-state index >= 15 is 0 Å². The third kappa shape index (κ3) is 18.6. The molecule has 6 heteroatoms. The maximum absolute atomic E-state index is 11.0. The van der Waals surface area contributed by atoms with E-state index in [2.05, 4.69) is 36.7 Å². The molecule has 0 fully saturated rings. The Balaban J connectivity index is 0. The van der Waals surface area contributed by atoms with E-state index in [1.807, 2.05) is 13.8 Å². The largest absolute Gasteiger partial charge is 0.756 e. The van der Waals surface area contributed by atoms with Crippen molar-refractivity contribution in [3.05, 3.63) is 0 Å². The van der Waals surface area contributed by atoms with Gasteiger partial charge in [0.15, 0.2) is 0 Å². The van der Waals surface area contributed by atoms with Crippen LogP contribution >= 0.6 is 15.1 Å². The van der Waals surface area contributed by atoms with E-state index in [0.717, 1.165) is 25.7 Å². The molecule has 0 aromatic carbocycles. The highest BCUT2D eigenvalue weighted by molar-refractivity contribution is 7.75. The molecule has 0 radical (unpaired) electrons. The molecule has 0 amide bonds. The van der Waals surface area contributed by atoms with Crippen LogP contribution in [0.15, 0.2) is 0 Å². The molecule has 0 aromatic rings. The molecule has 0 aromatic heterocycles. The van der Waals surface area contributed by atoms with Crippen LogP contribution in [-0.4, -0.2) is 37.9 Å². The Morgan fingerprint density at radius 3 is 1.21 bits per heavy atom. The second kappa shape index (κ2) is 20.8. The Morgan fingerprint density at radius 2 is 0.964 bits per heavy atom. The number of unbranched alkanes of at least 4 members (excludes halogenated alkanes) is 5. The molecule has 0 atom stereocenters. The zero-order chi connectivity index (χ0) is 21.7. The monoisotopic (exact) mass is 440 g/mol. The second-order valence-electron chi connectivity index (χ2n) is 7.71. The first-order chi connectivity index (χ1) is 13.4. The molecule has 0 aliphatic rings. The minimum atomic E-state index is -4.00. The highest BCUT2D eigenvalue weighted by Crippen LogP contribution is 2.60. The van der Waals surface area contributed by atoms with E-state index < -0.39 is 15.1 Å². The summed E-state index contributed by atoms with van der Waals surface area (Å²) in [5.41, 5.74) is 0. The molecular formula is C22H50O4P2. The minimum Gasteiger partial charge on any atom is -0.756 e. The summed E-state index contributed by atoms with van der Waals surface area (Å²) in [7, 11) is -4.53. The Hall–Kier alpha value is 0.540. The number of phosphoric acid groups is 1. The van der Waals surface area contributed by atoms with E-state index in [-0.39, 0.29) is 13.2 Å². The first-order valence-electron chi connectivity index (χ1n) is 11.8. The zero-order valence-corrected chi connectivity index (χ0v) is 21.6. The topological polar surface area (TPSA) is 58.6 Å². The van der Waals surface area contributed by atoms with E-state index in [9.17, 15) is 9.46 Å². The van der Waals surface area contributed by atoms with Crippen molar-refractivity contribution in [2.24, 2.45) is 0 Å². The summed E-state index contributed by atoms with van der Waals surface area (Å²) in [4.78, 5) is 11.0. The van der Waals surface area contributed by atoms with E-state index in [0.29, 0.717) is 0 Å². The van der Waals surface area contributed by atoms with Gasteiger partial charge in [0.25, 0.3) is 7.82 Å². The van der Waals surface area contributed by atoms with Gasteiger partial charge >= 0.3 is 0 Å². The van der Waals surface area contributed by atoms with Gasteiger partial charge in [-0.15, -0.1) is 0 Å². The molecule has 0 heterocycles. The molecule has 0 rings (SSSR count). The average Bonchev–Trinajstić information content (AvgIpc) is 2.68. The molecule has 0 unspecified atom stereocenters. The molecule has 0 aliphatic carbocycles. The fourth-order valence-corrected chi connectivity index (χ4v) is 8.33. The van der Waals surface area contributed by atoms with Crippen LogP contribution in [0.4, 0.5) is 0 Å². The van der Waals surface area contributed by atoms with Crippen LogP contribution in [0.25, 0.3) is 0 Å². The van der Waals surface area contributed by atoms with Crippen molar-refractivity contribution in [2.75, 3.05) is 37.9 Å². The summed E-state index contributed by atoms with van der Waals surface area (Å²) >= 11 is 0. The summed E-state index contributed by atoms with van der Waals surface area (Å²) in [5, 5.41) is 0. The van der Waals surface area contributed by atoms with Gasteiger partial charge in [-0.25, -0.2) is 0 Å². The number of hydrogen-bond donors (Lipinski definition) is 0. The third-order valence-electron chi connectivity index (χ3n) is 5.12. The van der Waals surface area contributed by atoms with Gasteiger partial charge in [0.05, 0.1) is 37.9 Å². The van der Waals surface area contributed by atoms with Crippen LogP contribution in [0.1, 0.15) is 106 Å². The molecule has 0 saturated heterocycles. The number of hydrogen-bond acceptors (Lipinski definition) is 4. The predicted octanol–water partition coefficient (Wildman–Crippen LogP) is 7.51. The number of phosphoric ester groups is 1. The molecule has 4 nitrogen and oxygen atoms in total. The summed E-state index contributed by atoms with van der Waals surface area (Å²) in [6.45, 7) is 13.9. The minimum absolute atomic E-state index is 0.226. The molecule has 0 aliphatic heterocycles. The molecular weight excluding hydrogens is 390 g/mol. The molecule has 0 bridgehead atoms. The van der Waals surface area contributed by atoms with Crippen LogP contribution in [-0.2, 0) is 13.6 Å². The average molecular weight is 441 g/mol. The normalized spacial score (nSPS) is 12.0. The van der Waals surface area contributed by atoms with Gasteiger partial charge in [0.2, 0.25) is 0 Å². The maximum atomic E-state index is 11.0. The van der Waals surface area contributed by atoms with Crippen LogP contribution in [0.3, 0.4) is 0 Å². The second-order valence-corrected chi connectivity index (χ2v) is 13.8. The van der Waals surface area contributed by atoms with Gasteiger partial charge in [-0.05, 0) is 39.0 Å². The van der Waals surface area contributed by atoms with Crippen molar-refractivity contribution in [1.29, 1.82) is 0 Å². The van der Waals surface area contributed by atoms with Gasteiger partial charge in [0, 0.05) is 7.26 Å². The Morgan fingerprint density at radius 1 is 0.643 bits per heavy atom. The highest BCUT2D eigenvalue weighted by Gasteiger charge is 2.32. The van der Waals surface area contributed by atoms with E-state index in [1.54, 1.807) is 18.5 Å². The summed E-state index contributed by atoms with van der Waals surface area (Å²) in [6.07, 6.45) is 18.2. The van der Waals surface area contributed by atoms with E-state index in [1.165, 1.54) is 44.7 Å².